The van der Waals surface area contributed by atoms with E-state index in [9.17, 15) is 27.6 Å². The molecule has 0 spiro atoms. The summed E-state index contributed by atoms with van der Waals surface area (Å²) in [6, 6.07) is 4.20. The van der Waals surface area contributed by atoms with Crippen molar-refractivity contribution in [1.29, 1.82) is 0 Å². The fourth-order valence-corrected chi connectivity index (χ4v) is 3.86. The molecule has 2 aliphatic rings. The minimum atomic E-state index is -4.52. The molecule has 1 aromatic carbocycles. The van der Waals surface area contributed by atoms with Gasteiger partial charge in [0.15, 0.2) is 0 Å². The molecule has 4 rings (SSSR count). The molecule has 0 bridgehead atoms. The number of benzene rings is 1. The van der Waals surface area contributed by atoms with E-state index in [-0.39, 0.29) is 28.9 Å². The van der Waals surface area contributed by atoms with Crippen molar-refractivity contribution in [3.8, 4) is 0 Å². The van der Waals surface area contributed by atoms with Crippen molar-refractivity contribution in [3.63, 3.8) is 0 Å². The van der Waals surface area contributed by atoms with Crippen LogP contribution in [0.25, 0.3) is 11.0 Å². The number of imidazole rings is 1. The number of H-pyrrole nitrogens is 1. The first kappa shape index (κ1) is 17.6. The number of nitrogens with one attached hydrogen (secondary N) is 1. The zero-order valence-corrected chi connectivity index (χ0v) is 14.3. The third-order valence-corrected chi connectivity index (χ3v) is 5.14. The van der Waals surface area contributed by atoms with E-state index in [4.69, 9.17) is 0 Å². The first-order valence-corrected chi connectivity index (χ1v) is 8.61. The highest BCUT2D eigenvalue weighted by atomic mass is 19.4. The topological polar surface area (TPSA) is 78.4 Å². The Balaban J connectivity index is 1.58. The first-order valence-electron chi connectivity index (χ1n) is 8.61. The molecule has 1 atom stereocenters. The monoisotopic (exact) mass is 382 g/mol. The zero-order valence-electron chi connectivity index (χ0n) is 14.3. The predicted molar refractivity (Wildman–Crippen MR) is 89.3 cm³/mol. The summed E-state index contributed by atoms with van der Waals surface area (Å²) in [5, 5.41) is 0. The van der Waals surface area contributed by atoms with E-state index >= 15 is 0 Å². The highest BCUT2D eigenvalue weighted by Crippen LogP contribution is 2.25. The van der Waals surface area contributed by atoms with Crippen molar-refractivity contribution in [2.75, 3.05) is 19.6 Å². The van der Waals surface area contributed by atoms with Crippen LogP contribution in [0.3, 0.4) is 0 Å². The molecule has 1 N–H and O–H groups in total. The maximum atomic E-state index is 12.8. The number of hydrogen-bond acceptors (Lipinski definition) is 3. The molecule has 1 unspecified atom stereocenters. The molecule has 2 aliphatic heterocycles. The minimum absolute atomic E-state index is 0.0200. The maximum absolute atomic E-state index is 12.8. The third kappa shape index (κ3) is 3.19. The van der Waals surface area contributed by atoms with Crippen molar-refractivity contribution in [2.24, 2.45) is 0 Å². The number of aromatic nitrogens is 2. The van der Waals surface area contributed by atoms with Crippen LogP contribution in [0, 0.1) is 0 Å². The second-order valence-corrected chi connectivity index (χ2v) is 6.89. The quantitative estimate of drug-likeness (QED) is 0.852. The van der Waals surface area contributed by atoms with Gasteiger partial charge in [0.05, 0.1) is 11.0 Å². The van der Waals surface area contributed by atoms with Gasteiger partial charge >= 0.3 is 11.9 Å². The van der Waals surface area contributed by atoms with Crippen LogP contribution in [0.2, 0.25) is 0 Å². The van der Waals surface area contributed by atoms with Gasteiger partial charge in [0.25, 0.3) is 5.91 Å². The number of halogens is 3. The van der Waals surface area contributed by atoms with Crippen LogP contribution in [0.4, 0.5) is 13.2 Å². The first-order chi connectivity index (χ1) is 12.7. The molecule has 0 aliphatic carbocycles. The van der Waals surface area contributed by atoms with Gasteiger partial charge in [-0.15, -0.1) is 0 Å². The fourth-order valence-electron chi connectivity index (χ4n) is 3.86. The second kappa shape index (κ2) is 6.14. The predicted octanol–water partition coefficient (Wildman–Crippen LogP) is 1.34. The Morgan fingerprint density at radius 1 is 1.22 bits per heavy atom. The van der Waals surface area contributed by atoms with Gasteiger partial charge in [0, 0.05) is 37.7 Å². The Hall–Kier alpha value is -2.78. The van der Waals surface area contributed by atoms with Gasteiger partial charge in [-0.25, -0.2) is 4.79 Å². The van der Waals surface area contributed by atoms with Crippen LogP contribution in [-0.4, -0.2) is 63.0 Å². The number of rotatable bonds is 2. The summed E-state index contributed by atoms with van der Waals surface area (Å²) in [6.07, 6.45) is -3.31. The molecule has 2 amide bonds. The van der Waals surface area contributed by atoms with Gasteiger partial charge in [0.1, 0.15) is 6.54 Å². The molecule has 0 saturated carbocycles. The smallest absolute Gasteiger partial charge is 0.336 e. The lowest BCUT2D eigenvalue weighted by Crippen LogP contribution is -2.53. The molecule has 27 heavy (non-hydrogen) atoms. The number of hydrogen-bond donors (Lipinski definition) is 1. The van der Waals surface area contributed by atoms with Gasteiger partial charge in [-0.3, -0.25) is 14.2 Å². The van der Waals surface area contributed by atoms with Crippen molar-refractivity contribution >= 4 is 22.8 Å². The van der Waals surface area contributed by atoms with Gasteiger partial charge in [-0.2, -0.15) is 13.2 Å². The van der Waals surface area contributed by atoms with E-state index in [1.54, 1.807) is 9.80 Å². The number of alkyl halides is 3. The van der Waals surface area contributed by atoms with Gasteiger partial charge in [-0.1, -0.05) is 0 Å². The number of amides is 2. The lowest BCUT2D eigenvalue weighted by molar-refractivity contribution is -0.140. The Kier molecular flexibility index (Phi) is 4.01. The van der Waals surface area contributed by atoms with Crippen LogP contribution in [0.1, 0.15) is 23.2 Å². The molecule has 144 valence electrons. The molecular weight excluding hydrogens is 365 g/mol. The van der Waals surface area contributed by atoms with E-state index < -0.39 is 18.4 Å². The summed E-state index contributed by atoms with van der Waals surface area (Å²) >= 11 is 0. The highest BCUT2D eigenvalue weighted by molar-refractivity contribution is 5.97. The molecule has 2 aromatic rings. The van der Waals surface area contributed by atoms with Crippen LogP contribution < -0.4 is 5.69 Å². The number of nitrogens with zero attached hydrogens (tertiary/aromatic N) is 3. The number of carbonyl (C=O) groups excluding carboxylic acids is 2. The minimum Gasteiger partial charge on any atom is -0.336 e. The van der Waals surface area contributed by atoms with Crippen molar-refractivity contribution in [3.05, 3.63) is 34.2 Å². The summed E-state index contributed by atoms with van der Waals surface area (Å²) in [5.74, 6) is -0.155. The Bertz CT molecular complexity index is 978. The fraction of sp³-hybridized carbons (Fsp3) is 0.471. The third-order valence-electron chi connectivity index (χ3n) is 5.14. The van der Waals surface area contributed by atoms with E-state index in [1.165, 1.54) is 18.2 Å². The molecule has 1 aromatic heterocycles. The van der Waals surface area contributed by atoms with Crippen LogP contribution in [0.5, 0.6) is 0 Å². The van der Waals surface area contributed by atoms with Gasteiger partial charge < -0.3 is 14.8 Å². The average Bonchev–Trinajstić information content (AvgIpc) is 3.12. The molecule has 10 heteroatoms. The van der Waals surface area contributed by atoms with Crippen molar-refractivity contribution < 1.29 is 22.8 Å². The Morgan fingerprint density at radius 2 is 2.00 bits per heavy atom. The van der Waals surface area contributed by atoms with Crippen LogP contribution >= 0.6 is 0 Å². The standard InChI is InChI=1S/C17H17F3N4O3/c18-17(19,20)9-24-13-3-1-10(7-12(13)21-16(24)27)15(26)22-5-6-23-11(8-22)2-4-14(23)25/h1,3,7,11H,2,4-6,8-9H2,(H,21,27). The largest absolute Gasteiger partial charge is 0.406 e. The Morgan fingerprint density at radius 3 is 2.74 bits per heavy atom. The number of piperazine rings is 1. The molecule has 0 radical (unpaired) electrons. The molecule has 2 saturated heterocycles. The highest BCUT2D eigenvalue weighted by Gasteiger charge is 2.37. The zero-order chi connectivity index (χ0) is 19.3. The average molecular weight is 382 g/mol. The lowest BCUT2D eigenvalue weighted by Gasteiger charge is -2.37. The Labute approximate surface area is 151 Å². The van der Waals surface area contributed by atoms with E-state index in [0.717, 1.165) is 6.42 Å². The van der Waals surface area contributed by atoms with Crippen molar-refractivity contribution in [2.45, 2.75) is 31.6 Å². The summed E-state index contributed by atoms with van der Waals surface area (Å²) in [5.41, 5.74) is -0.296. The summed E-state index contributed by atoms with van der Waals surface area (Å²) < 4.78 is 38.6. The molecular formula is C17H17F3N4O3. The molecule has 3 heterocycles. The van der Waals surface area contributed by atoms with Crippen LogP contribution in [0.15, 0.2) is 23.0 Å². The van der Waals surface area contributed by atoms with E-state index in [1.807, 2.05) is 0 Å². The SMILES string of the molecule is O=C(c1ccc2c(c1)[nH]c(=O)n2CC(F)(F)F)N1CCN2C(=O)CCC2C1. The normalized spacial score (nSPS) is 20.4. The molecule has 7 nitrogen and oxygen atoms in total. The van der Waals surface area contributed by atoms with Gasteiger partial charge in [-0.05, 0) is 24.6 Å². The summed E-state index contributed by atoms with van der Waals surface area (Å²) in [7, 11) is 0. The number of carbonyl (C=O) groups is 2. The van der Waals surface area contributed by atoms with E-state index in [0.29, 0.717) is 36.2 Å². The number of fused-ring (bicyclic) bond motifs is 2. The van der Waals surface area contributed by atoms with E-state index in [2.05, 4.69) is 4.98 Å². The second-order valence-electron chi connectivity index (χ2n) is 6.89. The lowest BCUT2D eigenvalue weighted by atomic mass is 10.1. The van der Waals surface area contributed by atoms with Gasteiger partial charge in [0.2, 0.25) is 5.91 Å². The van der Waals surface area contributed by atoms with Crippen molar-refractivity contribution in [1.82, 2.24) is 19.4 Å². The summed E-state index contributed by atoms with van der Waals surface area (Å²) in [4.78, 5) is 42.2. The van der Waals surface area contributed by atoms with Crippen LogP contribution in [-0.2, 0) is 11.3 Å². The summed E-state index contributed by atoms with van der Waals surface area (Å²) in [6.45, 7) is -0.0635. The number of aromatic amines is 1. The molecule has 2 fully saturated rings. The maximum Gasteiger partial charge on any atom is 0.406 e.